The predicted octanol–water partition coefficient (Wildman–Crippen LogP) is 5.19. The Bertz CT molecular complexity index is 564. The van der Waals surface area contributed by atoms with Crippen molar-refractivity contribution in [1.82, 2.24) is 0 Å². The van der Waals surface area contributed by atoms with Gasteiger partial charge in [0.15, 0.2) is 0 Å². The van der Waals surface area contributed by atoms with Gasteiger partial charge in [-0.15, -0.1) is 0 Å². The number of aryl methyl sites for hydroxylation is 2. The first-order chi connectivity index (χ1) is 8.56. The highest BCUT2D eigenvalue weighted by Gasteiger charge is 2.03. The zero-order valence-corrected chi connectivity index (χ0v) is 11.8. The summed E-state index contributed by atoms with van der Waals surface area (Å²) in [5, 5.41) is 1.12. The zero-order valence-electron chi connectivity index (χ0n) is 10.3. The van der Waals surface area contributed by atoms with Crippen LogP contribution in [0.2, 0.25) is 10.0 Å². The molecule has 2 aromatic rings. The van der Waals surface area contributed by atoms with E-state index in [4.69, 9.17) is 27.9 Å². The van der Waals surface area contributed by atoms with E-state index in [0.29, 0.717) is 16.7 Å². The Hall–Kier alpha value is -1.18. The van der Waals surface area contributed by atoms with Crippen LogP contribution >= 0.6 is 23.2 Å². The lowest BCUT2D eigenvalue weighted by atomic mass is 10.1. The van der Waals surface area contributed by atoms with E-state index in [9.17, 15) is 0 Å². The van der Waals surface area contributed by atoms with Crippen LogP contribution in [0.3, 0.4) is 0 Å². The lowest BCUT2D eigenvalue weighted by molar-refractivity contribution is 0.304. The number of halogens is 2. The van der Waals surface area contributed by atoms with Gasteiger partial charge in [0.25, 0.3) is 0 Å². The summed E-state index contributed by atoms with van der Waals surface area (Å²) < 4.78 is 5.80. The average molecular weight is 281 g/mol. The standard InChI is InChI=1S/C15H14Cl2O/c1-10-3-4-11(2)15(7-10)18-9-12-5-6-13(16)14(17)8-12/h3-8H,9H2,1-2H3. The highest BCUT2D eigenvalue weighted by Crippen LogP contribution is 2.24. The van der Waals surface area contributed by atoms with Crippen molar-refractivity contribution in [2.45, 2.75) is 20.5 Å². The van der Waals surface area contributed by atoms with Crippen molar-refractivity contribution in [2.75, 3.05) is 0 Å². The van der Waals surface area contributed by atoms with Gasteiger partial charge in [0.05, 0.1) is 10.0 Å². The Kier molecular flexibility index (Phi) is 4.15. The predicted molar refractivity (Wildman–Crippen MR) is 76.7 cm³/mol. The van der Waals surface area contributed by atoms with Crippen LogP contribution < -0.4 is 4.74 Å². The van der Waals surface area contributed by atoms with Crippen molar-refractivity contribution in [3.8, 4) is 5.75 Å². The summed E-state index contributed by atoms with van der Waals surface area (Å²) in [7, 11) is 0. The Morgan fingerprint density at radius 3 is 2.44 bits per heavy atom. The molecule has 0 saturated heterocycles. The summed E-state index contributed by atoms with van der Waals surface area (Å²) >= 11 is 11.8. The number of ether oxygens (including phenoxy) is 1. The van der Waals surface area contributed by atoms with Gasteiger partial charge >= 0.3 is 0 Å². The first-order valence-corrected chi connectivity index (χ1v) is 6.46. The molecule has 3 heteroatoms. The van der Waals surface area contributed by atoms with E-state index in [1.165, 1.54) is 5.56 Å². The van der Waals surface area contributed by atoms with Crippen LogP contribution in [0, 0.1) is 13.8 Å². The van der Waals surface area contributed by atoms with Crippen LogP contribution in [0.15, 0.2) is 36.4 Å². The molecule has 18 heavy (non-hydrogen) atoms. The summed E-state index contributed by atoms with van der Waals surface area (Å²) in [6.45, 7) is 4.57. The molecular formula is C15H14Cl2O. The van der Waals surface area contributed by atoms with Gasteiger partial charge in [0.1, 0.15) is 12.4 Å². The molecule has 0 N–H and O–H groups in total. The lowest BCUT2D eigenvalue weighted by Crippen LogP contribution is -1.97. The first-order valence-electron chi connectivity index (χ1n) is 5.70. The summed E-state index contributed by atoms with van der Waals surface area (Å²) in [5.41, 5.74) is 3.32. The van der Waals surface area contributed by atoms with Crippen LogP contribution in [0.5, 0.6) is 5.75 Å². The molecule has 94 valence electrons. The van der Waals surface area contributed by atoms with E-state index in [0.717, 1.165) is 16.9 Å². The lowest BCUT2D eigenvalue weighted by Gasteiger charge is -2.10. The van der Waals surface area contributed by atoms with Gasteiger partial charge in [-0.1, -0.05) is 41.4 Å². The van der Waals surface area contributed by atoms with Crippen molar-refractivity contribution < 1.29 is 4.74 Å². The van der Waals surface area contributed by atoms with Gasteiger partial charge in [-0.2, -0.15) is 0 Å². The molecule has 2 aromatic carbocycles. The summed E-state index contributed by atoms with van der Waals surface area (Å²) in [4.78, 5) is 0. The molecule has 0 saturated carbocycles. The fraction of sp³-hybridized carbons (Fsp3) is 0.200. The van der Waals surface area contributed by atoms with E-state index in [1.807, 2.05) is 32.0 Å². The number of benzene rings is 2. The van der Waals surface area contributed by atoms with Crippen molar-refractivity contribution in [3.05, 3.63) is 63.1 Å². The van der Waals surface area contributed by atoms with Crippen molar-refractivity contribution >= 4 is 23.2 Å². The quantitative estimate of drug-likeness (QED) is 0.752. The molecule has 0 aromatic heterocycles. The largest absolute Gasteiger partial charge is 0.489 e. The highest BCUT2D eigenvalue weighted by atomic mass is 35.5. The van der Waals surface area contributed by atoms with Crippen molar-refractivity contribution in [3.63, 3.8) is 0 Å². The summed E-state index contributed by atoms with van der Waals surface area (Å²) in [6, 6.07) is 11.7. The van der Waals surface area contributed by atoms with Gasteiger partial charge < -0.3 is 4.74 Å². The SMILES string of the molecule is Cc1ccc(C)c(OCc2ccc(Cl)c(Cl)c2)c1. The molecule has 0 aliphatic rings. The average Bonchev–Trinajstić information content (AvgIpc) is 2.34. The van der Waals surface area contributed by atoms with E-state index in [-0.39, 0.29) is 0 Å². The molecule has 0 fully saturated rings. The first kappa shape index (κ1) is 13.3. The highest BCUT2D eigenvalue weighted by molar-refractivity contribution is 6.42. The van der Waals surface area contributed by atoms with Gasteiger partial charge in [0.2, 0.25) is 0 Å². The van der Waals surface area contributed by atoms with E-state index in [2.05, 4.69) is 12.1 Å². The fourth-order valence-electron chi connectivity index (χ4n) is 1.65. The molecule has 0 aliphatic heterocycles. The minimum Gasteiger partial charge on any atom is -0.489 e. The fourth-order valence-corrected chi connectivity index (χ4v) is 1.97. The van der Waals surface area contributed by atoms with Crippen LogP contribution in [0.4, 0.5) is 0 Å². The topological polar surface area (TPSA) is 9.23 Å². The molecular weight excluding hydrogens is 267 g/mol. The van der Waals surface area contributed by atoms with Gasteiger partial charge in [-0.05, 0) is 48.7 Å². The monoisotopic (exact) mass is 280 g/mol. The van der Waals surface area contributed by atoms with Crippen LogP contribution in [0.1, 0.15) is 16.7 Å². The zero-order chi connectivity index (χ0) is 13.1. The van der Waals surface area contributed by atoms with Crippen molar-refractivity contribution in [1.29, 1.82) is 0 Å². The molecule has 0 aliphatic carbocycles. The summed E-state index contributed by atoms with van der Waals surface area (Å²) in [5.74, 6) is 0.904. The Labute approximate surface area is 117 Å². The maximum absolute atomic E-state index is 5.96. The molecule has 1 nitrogen and oxygen atoms in total. The van der Waals surface area contributed by atoms with Crippen LogP contribution in [-0.2, 0) is 6.61 Å². The van der Waals surface area contributed by atoms with E-state index < -0.39 is 0 Å². The summed E-state index contributed by atoms with van der Waals surface area (Å²) in [6.07, 6.45) is 0. The normalized spacial score (nSPS) is 10.4. The van der Waals surface area contributed by atoms with Gasteiger partial charge in [0, 0.05) is 0 Å². The molecule has 0 unspecified atom stereocenters. The second kappa shape index (κ2) is 5.64. The molecule has 0 heterocycles. The maximum Gasteiger partial charge on any atom is 0.122 e. The smallest absolute Gasteiger partial charge is 0.122 e. The Morgan fingerprint density at radius 2 is 1.72 bits per heavy atom. The minimum absolute atomic E-state index is 0.487. The molecule has 2 rings (SSSR count). The number of hydrogen-bond acceptors (Lipinski definition) is 1. The third kappa shape index (κ3) is 3.18. The van der Waals surface area contributed by atoms with Crippen LogP contribution in [-0.4, -0.2) is 0 Å². The second-order valence-corrected chi connectivity index (χ2v) is 5.12. The molecule has 0 bridgehead atoms. The number of hydrogen-bond donors (Lipinski definition) is 0. The second-order valence-electron chi connectivity index (χ2n) is 4.31. The maximum atomic E-state index is 5.96. The minimum atomic E-state index is 0.487. The Balaban J connectivity index is 2.11. The number of rotatable bonds is 3. The van der Waals surface area contributed by atoms with E-state index >= 15 is 0 Å². The van der Waals surface area contributed by atoms with E-state index in [1.54, 1.807) is 6.07 Å². The van der Waals surface area contributed by atoms with Crippen molar-refractivity contribution in [2.24, 2.45) is 0 Å². The molecule has 0 atom stereocenters. The molecule has 0 amide bonds. The molecule has 0 radical (unpaired) electrons. The van der Waals surface area contributed by atoms with Gasteiger partial charge in [-0.3, -0.25) is 0 Å². The van der Waals surface area contributed by atoms with Gasteiger partial charge in [-0.25, -0.2) is 0 Å². The Morgan fingerprint density at radius 1 is 0.944 bits per heavy atom. The third-order valence-corrected chi connectivity index (χ3v) is 3.46. The van der Waals surface area contributed by atoms with Crippen LogP contribution in [0.25, 0.3) is 0 Å². The molecule has 0 spiro atoms. The third-order valence-electron chi connectivity index (χ3n) is 2.72.